The molecule has 7 heteroatoms. The maximum Gasteiger partial charge on any atom is 0.262 e. The summed E-state index contributed by atoms with van der Waals surface area (Å²) in [5, 5.41) is 0. The fourth-order valence-electron chi connectivity index (χ4n) is 2.75. The second-order valence-electron chi connectivity index (χ2n) is 6.43. The van der Waals surface area contributed by atoms with Crippen LogP contribution in [0, 0.1) is 6.92 Å². The Labute approximate surface area is 160 Å². The number of hydrogen-bond acceptors (Lipinski definition) is 4. The Hall–Kier alpha value is -2.12. The molecule has 5 nitrogen and oxygen atoms in total. The zero-order valence-electron chi connectivity index (χ0n) is 14.1. The number of sulfonamides is 1. The van der Waals surface area contributed by atoms with Crippen LogP contribution in [0.15, 0.2) is 62.4 Å². The molecule has 0 amide bonds. The molecule has 1 aliphatic carbocycles. The monoisotopic (exact) mass is 432 g/mol. The number of nitrogens with one attached hydrogen (secondary N) is 1. The second kappa shape index (κ2) is 6.55. The van der Waals surface area contributed by atoms with Gasteiger partial charge >= 0.3 is 0 Å². The number of halogens is 1. The van der Waals surface area contributed by atoms with Gasteiger partial charge in [-0.3, -0.25) is 4.72 Å². The normalized spacial score (nSPS) is 14.4. The minimum Gasteiger partial charge on any atom is -0.440 e. The maximum absolute atomic E-state index is 12.9. The van der Waals surface area contributed by atoms with Crippen LogP contribution in [0.1, 0.15) is 30.2 Å². The smallest absolute Gasteiger partial charge is 0.262 e. The van der Waals surface area contributed by atoms with Crippen molar-refractivity contribution in [2.45, 2.75) is 30.6 Å². The molecule has 26 heavy (non-hydrogen) atoms. The summed E-state index contributed by atoms with van der Waals surface area (Å²) in [6, 6.07) is 12.3. The van der Waals surface area contributed by atoms with Gasteiger partial charge in [0.25, 0.3) is 10.0 Å². The predicted molar refractivity (Wildman–Crippen MR) is 104 cm³/mol. The van der Waals surface area contributed by atoms with Gasteiger partial charge in [-0.05, 0) is 49.6 Å². The minimum atomic E-state index is -3.72. The zero-order valence-corrected chi connectivity index (χ0v) is 16.5. The van der Waals surface area contributed by atoms with Crippen molar-refractivity contribution in [3.8, 4) is 11.3 Å². The van der Waals surface area contributed by atoms with Crippen LogP contribution in [0.4, 0.5) is 5.69 Å². The third-order valence-electron chi connectivity index (χ3n) is 4.29. The molecule has 0 saturated heterocycles. The van der Waals surface area contributed by atoms with E-state index in [9.17, 15) is 8.42 Å². The Morgan fingerprint density at radius 1 is 1.19 bits per heavy atom. The first-order valence-corrected chi connectivity index (χ1v) is 10.6. The van der Waals surface area contributed by atoms with Crippen molar-refractivity contribution in [2.24, 2.45) is 0 Å². The lowest BCUT2D eigenvalue weighted by Crippen LogP contribution is -2.14. The van der Waals surface area contributed by atoms with E-state index in [2.05, 4.69) is 25.6 Å². The van der Waals surface area contributed by atoms with Crippen LogP contribution >= 0.6 is 15.9 Å². The van der Waals surface area contributed by atoms with Crippen molar-refractivity contribution in [3.05, 3.63) is 64.6 Å². The van der Waals surface area contributed by atoms with Gasteiger partial charge in [-0.1, -0.05) is 34.1 Å². The summed E-state index contributed by atoms with van der Waals surface area (Å²) in [6.45, 7) is 1.77. The van der Waals surface area contributed by atoms with Crippen LogP contribution in [0.3, 0.4) is 0 Å². The summed E-state index contributed by atoms with van der Waals surface area (Å²) in [5.74, 6) is 1.73. The summed E-state index contributed by atoms with van der Waals surface area (Å²) in [7, 11) is -3.72. The molecule has 1 fully saturated rings. The Morgan fingerprint density at radius 2 is 2.00 bits per heavy atom. The van der Waals surface area contributed by atoms with Crippen molar-refractivity contribution < 1.29 is 12.8 Å². The first kappa shape index (κ1) is 17.3. The third-order valence-corrected chi connectivity index (χ3v) is 6.31. The summed E-state index contributed by atoms with van der Waals surface area (Å²) in [5.41, 5.74) is 1.86. The molecule has 0 aliphatic heterocycles. The van der Waals surface area contributed by atoms with Crippen LogP contribution in [-0.4, -0.2) is 13.4 Å². The van der Waals surface area contributed by atoms with Crippen molar-refractivity contribution in [1.29, 1.82) is 0 Å². The van der Waals surface area contributed by atoms with E-state index in [1.807, 2.05) is 12.1 Å². The predicted octanol–water partition coefficient (Wildman–Crippen LogP) is 5.09. The van der Waals surface area contributed by atoms with Gasteiger partial charge in [-0.15, -0.1) is 0 Å². The molecule has 1 heterocycles. The zero-order chi connectivity index (χ0) is 18.3. The lowest BCUT2D eigenvalue weighted by Gasteiger charge is -2.11. The molecule has 3 aromatic rings. The maximum atomic E-state index is 12.9. The average Bonchev–Trinajstić information content (AvgIpc) is 3.32. The van der Waals surface area contributed by atoms with E-state index in [0.29, 0.717) is 28.5 Å². The van der Waals surface area contributed by atoms with Crippen molar-refractivity contribution in [1.82, 2.24) is 4.98 Å². The summed E-state index contributed by atoms with van der Waals surface area (Å²) >= 11 is 3.35. The highest BCUT2D eigenvalue weighted by molar-refractivity contribution is 9.10. The molecule has 0 unspecified atom stereocenters. The van der Waals surface area contributed by atoms with Crippen molar-refractivity contribution >= 4 is 31.6 Å². The van der Waals surface area contributed by atoms with Crippen LogP contribution < -0.4 is 4.72 Å². The Kier molecular flexibility index (Phi) is 4.36. The second-order valence-corrected chi connectivity index (χ2v) is 9.00. The number of aryl methyl sites for hydroxylation is 1. The quantitative estimate of drug-likeness (QED) is 0.609. The molecule has 0 spiro atoms. The minimum absolute atomic E-state index is 0.222. The fourth-order valence-corrected chi connectivity index (χ4v) is 4.47. The third kappa shape index (κ3) is 3.54. The van der Waals surface area contributed by atoms with Crippen molar-refractivity contribution in [2.75, 3.05) is 4.72 Å². The molecule has 0 radical (unpaired) electrons. The molecule has 2 aromatic carbocycles. The molecule has 134 valence electrons. The first-order valence-electron chi connectivity index (χ1n) is 8.27. The number of nitrogens with zero attached hydrogens (tertiary/aromatic N) is 1. The number of oxazole rings is 1. The summed E-state index contributed by atoms with van der Waals surface area (Å²) in [4.78, 5) is 4.53. The van der Waals surface area contributed by atoms with Gasteiger partial charge in [-0.2, -0.15) is 0 Å². The lowest BCUT2D eigenvalue weighted by atomic mass is 10.1. The van der Waals surface area contributed by atoms with Gasteiger partial charge in [0.05, 0.1) is 11.1 Å². The Balaban J connectivity index is 1.68. The fraction of sp³-hybridized carbons (Fsp3) is 0.211. The average molecular weight is 433 g/mol. The number of aromatic nitrogens is 1. The summed E-state index contributed by atoms with van der Waals surface area (Å²) < 4.78 is 35.0. The molecule has 4 rings (SSSR count). The lowest BCUT2D eigenvalue weighted by molar-refractivity contribution is 0.509. The van der Waals surface area contributed by atoms with Crippen LogP contribution in [0.25, 0.3) is 11.3 Å². The molecule has 0 bridgehead atoms. The highest BCUT2D eigenvalue weighted by Gasteiger charge is 2.29. The van der Waals surface area contributed by atoms with Crippen molar-refractivity contribution in [3.63, 3.8) is 0 Å². The molecular weight excluding hydrogens is 416 g/mol. The molecule has 1 saturated carbocycles. The topological polar surface area (TPSA) is 72.2 Å². The van der Waals surface area contributed by atoms with Gasteiger partial charge in [-0.25, -0.2) is 13.4 Å². The van der Waals surface area contributed by atoms with Gasteiger partial charge in [0.2, 0.25) is 0 Å². The van der Waals surface area contributed by atoms with Gasteiger partial charge in [0, 0.05) is 21.6 Å². The SMILES string of the molecule is Cc1ccc(-c2cnc(C3CC3)o2)cc1S(=O)(=O)Nc1cccc(Br)c1. The van der Waals surface area contributed by atoms with Gasteiger partial charge in [0.15, 0.2) is 11.7 Å². The number of rotatable bonds is 5. The van der Waals surface area contributed by atoms with E-state index in [4.69, 9.17) is 4.42 Å². The number of benzene rings is 2. The first-order chi connectivity index (χ1) is 12.4. The van der Waals surface area contributed by atoms with E-state index in [0.717, 1.165) is 23.2 Å². The van der Waals surface area contributed by atoms with E-state index in [-0.39, 0.29) is 4.90 Å². The molecule has 1 N–H and O–H groups in total. The van der Waals surface area contributed by atoms with Crippen LogP contribution in [0.5, 0.6) is 0 Å². The van der Waals surface area contributed by atoms with Crippen LogP contribution in [0.2, 0.25) is 0 Å². The number of hydrogen-bond donors (Lipinski definition) is 1. The molecule has 1 aliphatic rings. The number of anilines is 1. The Morgan fingerprint density at radius 3 is 2.73 bits per heavy atom. The standard InChI is InChI=1S/C19H17BrN2O3S/c1-12-5-6-14(17-11-21-19(25-17)13-7-8-13)9-18(12)26(23,24)22-16-4-2-3-15(20)10-16/h2-6,9-11,13,22H,7-8H2,1H3. The largest absolute Gasteiger partial charge is 0.440 e. The van der Waals surface area contributed by atoms with Crippen LogP contribution in [-0.2, 0) is 10.0 Å². The Bertz CT molecular complexity index is 1070. The highest BCUT2D eigenvalue weighted by atomic mass is 79.9. The molecular formula is C19H17BrN2O3S. The molecule has 0 atom stereocenters. The van der Waals surface area contributed by atoms with E-state index in [1.54, 1.807) is 43.5 Å². The summed E-state index contributed by atoms with van der Waals surface area (Å²) in [6.07, 6.45) is 3.87. The van der Waals surface area contributed by atoms with E-state index in [1.165, 1.54) is 0 Å². The van der Waals surface area contributed by atoms with Gasteiger partial charge in [0.1, 0.15) is 0 Å². The van der Waals surface area contributed by atoms with E-state index >= 15 is 0 Å². The van der Waals surface area contributed by atoms with E-state index < -0.39 is 10.0 Å². The molecule has 1 aromatic heterocycles. The highest BCUT2D eigenvalue weighted by Crippen LogP contribution is 2.40. The van der Waals surface area contributed by atoms with Gasteiger partial charge < -0.3 is 4.42 Å².